The molecule has 0 radical (unpaired) electrons. The first-order chi connectivity index (χ1) is 13.0. The normalized spacial score (nSPS) is 22.2. The smallest absolute Gasteiger partial charge is 0.272 e. The maximum Gasteiger partial charge on any atom is 0.272 e. The Morgan fingerprint density at radius 2 is 2.11 bits per heavy atom. The second kappa shape index (κ2) is 10.3. The Balaban J connectivity index is 0.00000280. The summed E-state index contributed by atoms with van der Waals surface area (Å²) in [5.41, 5.74) is 1.64. The van der Waals surface area contributed by atoms with Gasteiger partial charge in [-0.2, -0.15) is 5.10 Å². The maximum atomic E-state index is 13.1. The van der Waals surface area contributed by atoms with E-state index in [0.29, 0.717) is 37.2 Å². The molecule has 2 fully saturated rings. The van der Waals surface area contributed by atoms with Crippen molar-refractivity contribution in [1.82, 2.24) is 25.3 Å². The highest BCUT2D eigenvalue weighted by atomic mass is 35.5. The summed E-state index contributed by atoms with van der Waals surface area (Å²) in [7, 11) is 0. The van der Waals surface area contributed by atoms with Crippen LogP contribution in [0.3, 0.4) is 0 Å². The van der Waals surface area contributed by atoms with Crippen LogP contribution in [-0.4, -0.2) is 58.7 Å². The number of hydrogen-bond donors (Lipinski definition) is 2. The minimum atomic E-state index is -0.0420. The van der Waals surface area contributed by atoms with Gasteiger partial charge in [0.15, 0.2) is 0 Å². The monoisotopic (exact) mass is 411 g/mol. The molecule has 2 unspecified atom stereocenters. The Kier molecular flexibility index (Phi) is 8.31. The number of aryl methyl sites for hydroxylation is 1. The van der Waals surface area contributed by atoms with Crippen LogP contribution < -0.4 is 10.6 Å². The minimum absolute atomic E-state index is 0. The molecule has 7 nitrogen and oxygen atoms in total. The van der Waals surface area contributed by atoms with E-state index in [2.05, 4.69) is 29.6 Å². The van der Waals surface area contributed by atoms with E-state index >= 15 is 0 Å². The zero-order valence-electron chi connectivity index (χ0n) is 17.2. The van der Waals surface area contributed by atoms with Crippen LogP contribution in [0.2, 0.25) is 0 Å². The molecule has 3 rings (SSSR count). The third-order valence-corrected chi connectivity index (χ3v) is 5.66. The highest BCUT2D eigenvalue weighted by Crippen LogP contribution is 2.21. The molecule has 0 aliphatic carbocycles. The molecule has 158 valence electrons. The van der Waals surface area contributed by atoms with Crippen molar-refractivity contribution in [3.8, 4) is 0 Å². The Bertz CT molecular complexity index is 670. The highest BCUT2D eigenvalue weighted by Gasteiger charge is 2.28. The van der Waals surface area contributed by atoms with Crippen LogP contribution in [0.15, 0.2) is 6.07 Å². The fraction of sp³-hybridized carbons (Fsp3) is 0.750. The van der Waals surface area contributed by atoms with Gasteiger partial charge in [0.25, 0.3) is 5.91 Å². The molecule has 1 aromatic heterocycles. The number of carbonyl (C=O) groups is 2. The molecule has 2 N–H and O–H groups in total. The van der Waals surface area contributed by atoms with Gasteiger partial charge in [0.05, 0.1) is 11.7 Å². The molecule has 2 amide bonds. The summed E-state index contributed by atoms with van der Waals surface area (Å²) >= 11 is 0. The molecule has 1 aromatic rings. The van der Waals surface area contributed by atoms with E-state index in [1.165, 1.54) is 0 Å². The Morgan fingerprint density at radius 1 is 1.32 bits per heavy atom. The molecule has 8 heteroatoms. The number of amides is 2. The third kappa shape index (κ3) is 5.26. The maximum absolute atomic E-state index is 13.1. The molecule has 0 saturated carbocycles. The van der Waals surface area contributed by atoms with Crippen LogP contribution in [-0.2, 0) is 11.3 Å². The first kappa shape index (κ1) is 22.7. The lowest BCUT2D eigenvalue weighted by atomic mass is 9.97. The fourth-order valence-corrected chi connectivity index (χ4v) is 3.99. The van der Waals surface area contributed by atoms with Crippen LogP contribution in [0.1, 0.15) is 68.6 Å². The van der Waals surface area contributed by atoms with Gasteiger partial charge in [0, 0.05) is 26.2 Å². The van der Waals surface area contributed by atoms with Gasteiger partial charge in [0.1, 0.15) is 5.69 Å². The molecule has 2 aliphatic rings. The van der Waals surface area contributed by atoms with E-state index in [4.69, 9.17) is 0 Å². The van der Waals surface area contributed by atoms with Crippen LogP contribution in [0, 0.1) is 5.92 Å². The lowest BCUT2D eigenvalue weighted by Gasteiger charge is -2.33. The van der Waals surface area contributed by atoms with E-state index in [1.54, 1.807) is 0 Å². The quantitative estimate of drug-likeness (QED) is 0.751. The van der Waals surface area contributed by atoms with Gasteiger partial charge in [-0.05, 0) is 57.1 Å². The summed E-state index contributed by atoms with van der Waals surface area (Å²) in [5, 5.41) is 10.9. The van der Waals surface area contributed by atoms with E-state index in [-0.39, 0.29) is 30.3 Å². The van der Waals surface area contributed by atoms with E-state index in [9.17, 15) is 9.59 Å². The fourth-order valence-electron chi connectivity index (χ4n) is 3.99. The van der Waals surface area contributed by atoms with E-state index < -0.39 is 0 Å². The van der Waals surface area contributed by atoms with Gasteiger partial charge in [-0.15, -0.1) is 12.4 Å². The predicted octanol–water partition coefficient (Wildman–Crippen LogP) is 2.17. The van der Waals surface area contributed by atoms with Crippen LogP contribution in [0.5, 0.6) is 0 Å². The number of rotatable bonds is 6. The summed E-state index contributed by atoms with van der Waals surface area (Å²) in [6, 6.07) is 1.90. The molecular weight excluding hydrogens is 378 g/mol. The molecule has 0 aromatic carbocycles. The largest absolute Gasteiger partial charge is 0.354 e. The molecule has 0 spiro atoms. The third-order valence-electron chi connectivity index (χ3n) is 5.66. The highest BCUT2D eigenvalue weighted by molar-refractivity contribution is 5.92. The predicted molar refractivity (Wildman–Crippen MR) is 112 cm³/mol. The van der Waals surface area contributed by atoms with Crippen molar-refractivity contribution in [1.29, 1.82) is 0 Å². The number of hydrogen-bond acceptors (Lipinski definition) is 4. The number of likely N-dealkylation sites (tertiary alicyclic amines) is 1. The van der Waals surface area contributed by atoms with E-state index in [1.807, 2.05) is 22.6 Å². The lowest BCUT2D eigenvalue weighted by molar-refractivity contribution is -0.123. The Labute approximate surface area is 174 Å². The SMILES string of the molecule is CCn1nc(C(C)C)cc1C(=O)N1CCCC(CNC(=O)C2CCCN2)C1.Cl. The van der Waals surface area contributed by atoms with Gasteiger partial charge in [-0.1, -0.05) is 13.8 Å². The zero-order valence-corrected chi connectivity index (χ0v) is 18.1. The van der Waals surface area contributed by atoms with Gasteiger partial charge in [0.2, 0.25) is 5.91 Å². The average molecular weight is 412 g/mol. The van der Waals surface area contributed by atoms with Crippen molar-refractivity contribution < 1.29 is 9.59 Å². The summed E-state index contributed by atoms with van der Waals surface area (Å²) in [6.07, 6.45) is 4.01. The summed E-state index contributed by atoms with van der Waals surface area (Å²) in [5.74, 6) is 0.778. The van der Waals surface area contributed by atoms with Crippen molar-refractivity contribution in [2.24, 2.45) is 5.92 Å². The number of halogens is 1. The molecule has 2 saturated heterocycles. The van der Waals surface area contributed by atoms with Gasteiger partial charge >= 0.3 is 0 Å². The van der Waals surface area contributed by atoms with Crippen molar-refractivity contribution in [3.05, 3.63) is 17.5 Å². The molecule has 3 heterocycles. The van der Waals surface area contributed by atoms with Crippen molar-refractivity contribution >= 4 is 24.2 Å². The standard InChI is InChI=1S/C20H33N5O2.ClH/c1-4-25-18(11-17(23-25)14(2)3)20(27)24-10-6-7-15(13-24)12-22-19(26)16-8-5-9-21-16;/h11,14-16,21H,4-10,12-13H2,1-3H3,(H,22,26);1H. The number of nitrogens with one attached hydrogen (secondary N) is 2. The van der Waals surface area contributed by atoms with Crippen LogP contribution in [0.4, 0.5) is 0 Å². The van der Waals surface area contributed by atoms with Gasteiger partial charge < -0.3 is 15.5 Å². The number of carbonyl (C=O) groups excluding carboxylic acids is 2. The minimum Gasteiger partial charge on any atom is -0.354 e. The van der Waals surface area contributed by atoms with Crippen molar-refractivity contribution in [2.75, 3.05) is 26.2 Å². The summed E-state index contributed by atoms with van der Waals surface area (Å²) in [4.78, 5) is 27.2. The van der Waals surface area contributed by atoms with Crippen LogP contribution in [0.25, 0.3) is 0 Å². The molecular formula is C20H34ClN5O2. The second-order valence-corrected chi connectivity index (χ2v) is 8.08. The summed E-state index contributed by atoms with van der Waals surface area (Å²) in [6.45, 7) is 9.93. The Morgan fingerprint density at radius 3 is 2.75 bits per heavy atom. The number of aromatic nitrogens is 2. The second-order valence-electron chi connectivity index (χ2n) is 8.08. The molecule has 2 aliphatic heterocycles. The summed E-state index contributed by atoms with van der Waals surface area (Å²) < 4.78 is 1.81. The van der Waals surface area contributed by atoms with Crippen molar-refractivity contribution in [3.63, 3.8) is 0 Å². The number of piperidine rings is 1. The first-order valence-corrected chi connectivity index (χ1v) is 10.4. The number of nitrogens with zero attached hydrogens (tertiary/aromatic N) is 3. The van der Waals surface area contributed by atoms with Crippen molar-refractivity contribution in [2.45, 2.75) is 65.0 Å². The zero-order chi connectivity index (χ0) is 19.4. The van der Waals surface area contributed by atoms with E-state index in [0.717, 1.165) is 44.5 Å². The lowest BCUT2D eigenvalue weighted by Crippen LogP contribution is -2.47. The topological polar surface area (TPSA) is 79.3 Å². The molecule has 0 bridgehead atoms. The first-order valence-electron chi connectivity index (χ1n) is 10.4. The molecule has 2 atom stereocenters. The van der Waals surface area contributed by atoms with Gasteiger partial charge in [-0.25, -0.2) is 0 Å². The Hall–Kier alpha value is -1.60. The average Bonchev–Trinajstić information content (AvgIpc) is 3.35. The van der Waals surface area contributed by atoms with Gasteiger partial charge in [-0.3, -0.25) is 14.3 Å². The van der Waals surface area contributed by atoms with Crippen LogP contribution >= 0.6 is 12.4 Å². The molecule has 28 heavy (non-hydrogen) atoms.